The van der Waals surface area contributed by atoms with E-state index in [-0.39, 0.29) is 11.1 Å². The molecule has 1 aromatic carbocycles. The van der Waals surface area contributed by atoms with E-state index >= 15 is 0 Å². The molecule has 0 radical (unpaired) electrons. The fraction of sp³-hybridized carbons (Fsp3) is 0.500. The minimum Gasteiger partial charge on any atom is -0.444 e. The number of nitrogens with one attached hydrogen (secondary N) is 1. The standard InChI is InChI=1S/C16H22BrNO3/c1-11-6-5-7-12(8-11)9-13(14(19)10-17)18-15(20)21-16(2,3)4/h5-8,13H,9-10H2,1-4H3,(H,18,20)/t13-/m0/s1. The highest BCUT2D eigenvalue weighted by Crippen LogP contribution is 2.10. The lowest BCUT2D eigenvalue weighted by Gasteiger charge is -2.23. The van der Waals surface area contributed by atoms with E-state index in [2.05, 4.69) is 21.2 Å². The van der Waals surface area contributed by atoms with Crippen molar-refractivity contribution in [2.75, 3.05) is 5.33 Å². The van der Waals surface area contributed by atoms with Crippen LogP contribution in [0, 0.1) is 6.92 Å². The maximum Gasteiger partial charge on any atom is 0.408 e. The number of alkyl halides is 1. The van der Waals surface area contributed by atoms with Gasteiger partial charge in [-0.1, -0.05) is 45.8 Å². The number of carbonyl (C=O) groups excluding carboxylic acids is 2. The van der Waals surface area contributed by atoms with Crippen LogP contribution in [-0.4, -0.2) is 28.8 Å². The molecule has 4 nitrogen and oxygen atoms in total. The van der Waals surface area contributed by atoms with Crippen LogP contribution in [0.3, 0.4) is 0 Å². The normalized spacial score (nSPS) is 12.6. The first kappa shape index (κ1) is 17.7. The molecule has 5 heteroatoms. The maximum atomic E-state index is 12.0. The summed E-state index contributed by atoms with van der Waals surface area (Å²) in [5.74, 6) is -0.0811. The summed E-state index contributed by atoms with van der Waals surface area (Å²) in [6, 6.07) is 7.28. The number of halogens is 1. The van der Waals surface area contributed by atoms with E-state index < -0.39 is 17.7 Å². The number of hydrogen-bond donors (Lipinski definition) is 1. The van der Waals surface area contributed by atoms with Gasteiger partial charge in [-0.05, 0) is 39.7 Å². The smallest absolute Gasteiger partial charge is 0.408 e. The van der Waals surface area contributed by atoms with Gasteiger partial charge in [0.2, 0.25) is 0 Å². The number of ketones is 1. The molecule has 0 aliphatic carbocycles. The zero-order chi connectivity index (χ0) is 16.0. The predicted molar refractivity (Wildman–Crippen MR) is 86.8 cm³/mol. The van der Waals surface area contributed by atoms with Crippen LogP contribution in [0.1, 0.15) is 31.9 Å². The molecule has 1 atom stereocenters. The fourth-order valence-electron chi connectivity index (χ4n) is 1.86. The number of ether oxygens (including phenoxy) is 1. The number of carbonyl (C=O) groups is 2. The largest absolute Gasteiger partial charge is 0.444 e. The van der Waals surface area contributed by atoms with Gasteiger partial charge in [0.1, 0.15) is 5.60 Å². The van der Waals surface area contributed by atoms with Gasteiger partial charge in [-0.25, -0.2) is 4.79 Å². The lowest BCUT2D eigenvalue weighted by molar-refractivity contribution is -0.118. The molecule has 0 aliphatic rings. The van der Waals surface area contributed by atoms with Gasteiger partial charge < -0.3 is 10.1 Å². The summed E-state index contributed by atoms with van der Waals surface area (Å²) in [5, 5.41) is 2.85. The second-order valence-electron chi connectivity index (χ2n) is 5.99. The monoisotopic (exact) mass is 355 g/mol. The number of aryl methyl sites for hydroxylation is 1. The summed E-state index contributed by atoms with van der Waals surface area (Å²) in [4.78, 5) is 23.8. The third-order valence-corrected chi connectivity index (χ3v) is 3.29. The molecular formula is C16H22BrNO3. The Bertz CT molecular complexity index is 508. The average Bonchev–Trinajstić information content (AvgIpc) is 2.34. The van der Waals surface area contributed by atoms with E-state index in [1.165, 1.54) is 0 Å². The van der Waals surface area contributed by atoms with Gasteiger partial charge in [-0.15, -0.1) is 0 Å². The summed E-state index contributed by atoms with van der Waals surface area (Å²) < 4.78 is 5.21. The van der Waals surface area contributed by atoms with Gasteiger partial charge >= 0.3 is 6.09 Å². The summed E-state index contributed by atoms with van der Waals surface area (Å²) >= 11 is 3.15. The third-order valence-electron chi connectivity index (χ3n) is 2.73. The van der Waals surface area contributed by atoms with E-state index in [1.807, 2.05) is 31.2 Å². The van der Waals surface area contributed by atoms with Crippen molar-refractivity contribution in [3.05, 3.63) is 35.4 Å². The minimum absolute atomic E-state index is 0.0811. The molecule has 0 saturated heterocycles. The molecule has 1 rings (SSSR count). The SMILES string of the molecule is Cc1cccc(C[C@H](NC(=O)OC(C)(C)C)C(=O)CBr)c1. The molecule has 0 fully saturated rings. The Labute approximate surface area is 134 Å². The Morgan fingerprint density at radius 2 is 2.00 bits per heavy atom. The summed E-state index contributed by atoms with van der Waals surface area (Å²) in [6.45, 7) is 7.35. The van der Waals surface area contributed by atoms with Gasteiger partial charge in [0.25, 0.3) is 0 Å². The lowest BCUT2D eigenvalue weighted by Crippen LogP contribution is -2.45. The minimum atomic E-state index is -0.596. The number of Topliss-reactive ketones (excluding diaryl/α,β-unsaturated/α-hetero) is 1. The average molecular weight is 356 g/mol. The highest BCUT2D eigenvalue weighted by molar-refractivity contribution is 9.09. The number of rotatable bonds is 5. The third kappa shape index (κ3) is 6.76. The molecule has 0 aliphatic heterocycles. The number of amides is 1. The zero-order valence-electron chi connectivity index (χ0n) is 12.9. The molecule has 21 heavy (non-hydrogen) atoms. The highest BCUT2D eigenvalue weighted by Gasteiger charge is 2.23. The molecule has 0 bridgehead atoms. The van der Waals surface area contributed by atoms with Crippen LogP contribution in [0.4, 0.5) is 4.79 Å². The van der Waals surface area contributed by atoms with Crippen molar-refractivity contribution < 1.29 is 14.3 Å². The predicted octanol–water partition coefficient (Wildman–Crippen LogP) is 3.39. The maximum absolute atomic E-state index is 12.0. The topological polar surface area (TPSA) is 55.4 Å². The Morgan fingerprint density at radius 1 is 1.33 bits per heavy atom. The molecule has 0 saturated carbocycles. The van der Waals surface area contributed by atoms with Crippen molar-refractivity contribution in [3.63, 3.8) is 0 Å². The Kier molecular flexibility index (Phi) is 6.40. The van der Waals surface area contributed by atoms with E-state index in [4.69, 9.17) is 4.74 Å². The van der Waals surface area contributed by atoms with Crippen LogP contribution in [0.15, 0.2) is 24.3 Å². The van der Waals surface area contributed by atoms with Gasteiger partial charge in [-0.3, -0.25) is 4.79 Å². The lowest BCUT2D eigenvalue weighted by atomic mass is 10.0. The Morgan fingerprint density at radius 3 is 2.52 bits per heavy atom. The van der Waals surface area contributed by atoms with Crippen molar-refractivity contribution in [1.82, 2.24) is 5.32 Å². The van der Waals surface area contributed by atoms with E-state index in [9.17, 15) is 9.59 Å². The van der Waals surface area contributed by atoms with E-state index in [1.54, 1.807) is 20.8 Å². The van der Waals surface area contributed by atoms with Crippen molar-refractivity contribution in [1.29, 1.82) is 0 Å². The van der Waals surface area contributed by atoms with E-state index in [0.29, 0.717) is 6.42 Å². The summed E-state index contributed by atoms with van der Waals surface area (Å²) in [5.41, 5.74) is 1.54. The molecule has 0 unspecified atom stereocenters. The molecule has 1 N–H and O–H groups in total. The quantitative estimate of drug-likeness (QED) is 0.823. The first-order valence-electron chi connectivity index (χ1n) is 6.85. The van der Waals surface area contributed by atoms with Gasteiger partial charge in [0, 0.05) is 0 Å². The second-order valence-corrected chi connectivity index (χ2v) is 6.55. The molecule has 0 heterocycles. The summed E-state index contributed by atoms with van der Waals surface area (Å²) in [7, 11) is 0. The van der Waals surface area contributed by atoms with Crippen molar-refractivity contribution >= 4 is 27.8 Å². The first-order valence-corrected chi connectivity index (χ1v) is 7.97. The molecule has 116 valence electrons. The number of benzene rings is 1. The van der Waals surface area contributed by atoms with Crippen LogP contribution in [0.2, 0.25) is 0 Å². The van der Waals surface area contributed by atoms with Crippen LogP contribution in [0.25, 0.3) is 0 Å². The fourth-order valence-corrected chi connectivity index (χ4v) is 2.25. The Balaban J connectivity index is 2.77. The second kappa shape index (κ2) is 7.59. The molecule has 1 amide bonds. The number of alkyl carbamates (subject to hydrolysis) is 1. The van der Waals surface area contributed by atoms with Crippen LogP contribution >= 0.6 is 15.9 Å². The van der Waals surface area contributed by atoms with Crippen molar-refractivity contribution in [2.24, 2.45) is 0 Å². The molecule has 0 aromatic heterocycles. The first-order chi connectivity index (χ1) is 9.71. The van der Waals surface area contributed by atoms with Crippen LogP contribution in [0.5, 0.6) is 0 Å². The molecular weight excluding hydrogens is 334 g/mol. The van der Waals surface area contributed by atoms with E-state index in [0.717, 1.165) is 11.1 Å². The van der Waals surface area contributed by atoms with Gasteiger partial charge in [0.05, 0.1) is 11.4 Å². The Hall–Kier alpha value is -1.36. The molecule has 0 spiro atoms. The zero-order valence-corrected chi connectivity index (χ0v) is 14.5. The van der Waals surface area contributed by atoms with Gasteiger partial charge in [-0.2, -0.15) is 0 Å². The van der Waals surface area contributed by atoms with Crippen molar-refractivity contribution in [2.45, 2.75) is 45.8 Å². The summed E-state index contributed by atoms with van der Waals surface area (Å²) in [6.07, 6.45) is -0.125. The highest BCUT2D eigenvalue weighted by atomic mass is 79.9. The number of hydrogen-bond acceptors (Lipinski definition) is 3. The van der Waals surface area contributed by atoms with Gasteiger partial charge in [0.15, 0.2) is 5.78 Å². The molecule has 1 aromatic rings. The van der Waals surface area contributed by atoms with Crippen LogP contribution < -0.4 is 5.32 Å². The van der Waals surface area contributed by atoms with Crippen molar-refractivity contribution in [3.8, 4) is 0 Å². The van der Waals surface area contributed by atoms with Crippen LogP contribution in [-0.2, 0) is 16.0 Å².